The maximum atomic E-state index is 11.7. The highest BCUT2D eigenvalue weighted by Crippen LogP contribution is 2.14. The number of nitrogens with zero attached hydrogens (tertiary/aromatic N) is 1. The van der Waals surface area contributed by atoms with E-state index in [1.54, 1.807) is 0 Å². The van der Waals surface area contributed by atoms with Gasteiger partial charge >= 0.3 is 5.97 Å². The van der Waals surface area contributed by atoms with Crippen molar-refractivity contribution in [2.75, 3.05) is 0 Å². The first-order chi connectivity index (χ1) is 8.56. The summed E-state index contributed by atoms with van der Waals surface area (Å²) in [5, 5.41) is 8.63. The molecular weight excluding hydrogens is 232 g/mol. The van der Waals surface area contributed by atoms with Crippen molar-refractivity contribution in [1.82, 2.24) is 9.97 Å². The summed E-state index contributed by atoms with van der Waals surface area (Å²) in [5.41, 5.74) is 1.60. The highest BCUT2D eigenvalue weighted by atomic mass is 16.4. The van der Waals surface area contributed by atoms with Crippen molar-refractivity contribution in [3.63, 3.8) is 0 Å². The lowest BCUT2D eigenvalue weighted by molar-refractivity contribution is -0.136. The zero-order chi connectivity index (χ0) is 13.1. The summed E-state index contributed by atoms with van der Waals surface area (Å²) in [4.78, 5) is 28.9. The van der Waals surface area contributed by atoms with E-state index >= 15 is 0 Å². The molecule has 0 aliphatic rings. The van der Waals surface area contributed by atoms with E-state index in [9.17, 15) is 9.59 Å². The van der Waals surface area contributed by atoms with Gasteiger partial charge in [-0.15, -0.1) is 0 Å². The minimum absolute atomic E-state index is 0.152. The molecule has 18 heavy (non-hydrogen) atoms. The standard InChI is InChI=1S/C13H12N2O3/c1-8-3-2-4-9(5-8)12-14-7-10(6-11(16)17)13(18)15-12/h2-5,7H,6H2,1H3,(H,16,17)(H,14,15,18). The van der Waals surface area contributed by atoms with Gasteiger partial charge in [-0.1, -0.05) is 23.8 Å². The van der Waals surface area contributed by atoms with Gasteiger partial charge < -0.3 is 10.1 Å². The lowest BCUT2D eigenvalue weighted by Gasteiger charge is -2.03. The molecule has 5 nitrogen and oxygen atoms in total. The lowest BCUT2D eigenvalue weighted by atomic mass is 10.1. The fourth-order valence-corrected chi connectivity index (χ4v) is 1.65. The van der Waals surface area contributed by atoms with Crippen LogP contribution in [0.15, 0.2) is 35.3 Å². The molecule has 2 rings (SSSR count). The number of aromatic nitrogens is 2. The number of hydrogen-bond donors (Lipinski definition) is 2. The van der Waals surface area contributed by atoms with E-state index in [2.05, 4.69) is 9.97 Å². The normalized spacial score (nSPS) is 10.3. The van der Waals surface area contributed by atoms with E-state index in [0.29, 0.717) is 5.82 Å². The molecule has 2 N–H and O–H groups in total. The first-order valence-electron chi connectivity index (χ1n) is 5.43. The minimum atomic E-state index is -1.05. The molecule has 1 aromatic carbocycles. The highest BCUT2D eigenvalue weighted by molar-refractivity contribution is 5.70. The van der Waals surface area contributed by atoms with Gasteiger partial charge in [0.1, 0.15) is 5.82 Å². The largest absolute Gasteiger partial charge is 0.481 e. The predicted octanol–water partition coefficient (Wildman–Crippen LogP) is 1.37. The van der Waals surface area contributed by atoms with Gasteiger partial charge in [0.15, 0.2) is 0 Å². The van der Waals surface area contributed by atoms with Crippen LogP contribution in [0.4, 0.5) is 0 Å². The molecule has 0 atom stereocenters. The second-order valence-corrected chi connectivity index (χ2v) is 4.03. The number of carboxylic acid groups (broad SMARTS) is 1. The SMILES string of the molecule is Cc1cccc(-c2ncc(CC(=O)O)c(=O)[nH]2)c1. The summed E-state index contributed by atoms with van der Waals surface area (Å²) in [5.74, 6) is -0.608. The maximum absolute atomic E-state index is 11.7. The number of aromatic amines is 1. The molecule has 1 heterocycles. The van der Waals surface area contributed by atoms with Gasteiger partial charge in [0.2, 0.25) is 0 Å². The third-order valence-electron chi connectivity index (χ3n) is 2.51. The molecule has 0 spiro atoms. The predicted molar refractivity (Wildman–Crippen MR) is 66.4 cm³/mol. The summed E-state index contributed by atoms with van der Waals surface area (Å²) < 4.78 is 0. The number of aryl methyl sites for hydroxylation is 1. The molecule has 0 aliphatic carbocycles. The van der Waals surface area contributed by atoms with Crippen LogP contribution in [-0.2, 0) is 11.2 Å². The van der Waals surface area contributed by atoms with Crippen LogP contribution in [0.1, 0.15) is 11.1 Å². The van der Waals surface area contributed by atoms with Crippen molar-refractivity contribution < 1.29 is 9.90 Å². The van der Waals surface area contributed by atoms with Crippen molar-refractivity contribution >= 4 is 5.97 Å². The third-order valence-corrected chi connectivity index (χ3v) is 2.51. The fraction of sp³-hybridized carbons (Fsp3) is 0.154. The van der Waals surface area contributed by atoms with Gasteiger partial charge in [-0.25, -0.2) is 4.98 Å². The first-order valence-corrected chi connectivity index (χ1v) is 5.43. The number of hydrogen-bond acceptors (Lipinski definition) is 3. The second kappa shape index (κ2) is 4.83. The van der Waals surface area contributed by atoms with Gasteiger partial charge in [0.25, 0.3) is 5.56 Å². The number of H-pyrrole nitrogens is 1. The first kappa shape index (κ1) is 12.0. The topological polar surface area (TPSA) is 83.0 Å². The molecule has 0 saturated heterocycles. The van der Waals surface area contributed by atoms with Crippen LogP contribution in [-0.4, -0.2) is 21.0 Å². The van der Waals surface area contributed by atoms with Gasteiger partial charge in [-0.2, -0.15) is 0 Å². The van der Waals surface area contributed by atoms with E-state index in [1.807, 2.05) is 31.2 Å². The quantitative estimate of drug-likeness (QED) is 0.854. The van der Waals surface area contributed by atoms with Gasteiger partial charge in [0.05, 0.1) is 6.42 Å². The van der Waals surface area contributed by atoms with E-state index < -0.39 is 11.5 Å². The molecule has 1 aromatic heterocycles. The molecule has 5 heteroatoms. The summed E-state index contributed by atoms with van der Waals surface area (Å²) in [6.45, 7) is 1.94. The van der Waals surface area contributed by atoms with Crippen LogP contribution in [0, 0.1) is 6.92 Å². The zero-order valence-corrected chi connectivity index (χ0v) is 9.80. The van der Waals surface area contributed by atoms with Crippen LogP contribution in [0.2, 0.25) is 0 Å². The average molecular weight is 244 g/mol. The Morgan fingerprint density at radius 2 is 2.22 bits per heavy atom. The summed E-state index contributed by atoms with van der Waals surface area (Å²) in [6, 6.07) is 7.55. The molecule has 0 radical (unpaired) electrons. The lowest BCUT2D eigenvalue weighted by Crippen LogP contribution is -2.17. The Kier molecular flexibility index (Phi) is 3.23. The average Bonchev–Trinajstić information content (AvgIpc) is 2.31. The molecule has 0 saturated carbocycles. The monoisotopic (exact) mass is 244 g/mol. The molecule has 0 amide bonds. The van der Waals surface area contributed by atoms with Crippen molar-refractivity contribution in [1.29, 1.82) is 0 Å². The smallest absolute Gasteiger partial charge is 0.308 e. The number of nitrogens with one attached hydrogen (secondary N) is 1. The van der Waals surface area contributed by atoms with Crippen LogP contribution in [0.25, 0.3) is 11.4 Å². The summed E-state index contributed by atoms with van der Waals surface area (Å²) in [6.07, 6.45) is 0.987. The maximum Gasteiger partial charge on any atom is 0.308 e. The fourth-order valence-electron chi connectivity index (χ4n) is 1.65. The number of carboxylic acids is 1. The number of rotatable bonds is 3. The molecule has 0 bridgehead atoms. The van der Waals surface area contributed by atoms with E-state index in [0.717, 1.165) is 11.1 Å². The Bertz CT molecular complexity index is 647. The third kappa shape index (κ3) is 2.63. The van der Waals surface area contributed by atoms with Crippen LogP contribution >= 0.6 is 0 Å². The number of benzene rings is 1. The molecule has 0 aliphatic heterocycles. The van der Waals surface area contributed by atoms with Crippen LogP contribution in [0.3, 0.4) is 0 Å². The Labute approximate surface area is 103 Å². The van der Waals surface area contributed by atoms with E-state index in [1.165, 1.54) is 6.20 Å². The van der Waals surface area contributed by atoms with Crippen molar-refractivity contribution in [3.05, 3.63) is 51.9 Å². The van der Waals surface area contributed by atoms with E-state index in [-0.39, 0.29) is 12.0 Å². The van der Waals surface area contributed by atoms with Crippen molar-refractivity contribution in [2.45, 2.75) is 13.3 Å². The Morgan fingerprint density at radius 3 is 2.83 bits per heavy atom. The molecule has 0 fully saturated rings. The Balaban J connectivity index is 2.40. The molecular formula is C13H12N2O3. The number of aliphatic carboxylic acids is 1. The van der Waals surface area contributed by atoms with Crippen LogP contribution in [0.5, 0.6) is 0 Å². The summed E-state index contributed by atoms with van der Waals surface area (Å²) >= 11 is 0. The van der Waals surface area contributed by atoms with E-state index in [4.69, 9.17) is 5.11 Å². The Morgan fingerprint density at radius 1 is 1.44 bits per heavy atom. The minimum Gasteiger partial charge on any atom is -0.481 e. The zero-order valence-electron chi connectivity index (χ0n) is 9.80. The molecule has 0 unspecified atom stereocenters. The van der Waals surface area contributed by atoms with Crippen molar-refractivity contribution in [2.24, 2.45) is 0 Å². The van der Waals surface area contributed by atoms with Gasteiger partial charge in [0, 0.05) is 17.3 Å². The van der Waals surface area contributed by atoms with Crippen molar-refractivity contribution in [3.8, 4) is 11.4 Å². The molecule has 2 aromatic rings. The Hall–Kier alpha value is -2.43. The van der Waals surface area contributed by atoms with Gasteiger partial charge in [-0.3, -0.25) is 9.59 Å². The highest BCUT2D eigenvalue weighted by Gasteiger charge is 2.08. The van der Waals surface area contributed by atoms with Crippen LogP contribution < -0.4 is 5.56 Å². The number of carbonyl (C=O) groups is 1. The summed E-state index contributed by atoms with van der Waals surface area (Å²) in [7, 11) is 0. The second-order valence-electron chi connectivity index (χ2n) is 4.03. The molecule has 92 valence electrons. The van der Waals surface area contributed by atoms with Gasteiger partial charge in [-0.05, 0) is 13.0 Å².